The second kappa shape index (κ2) is 6.35. The lowest BCUT2D eigenvalue weighted by Crippen LogP contribution is -2.43. The summed E-state index contributed by atoms with van der Waals surface area (Å²) >= 11 is 0. The van der Waals surface area contributed by atoms with Gasteiger partial charge in [-0.05, 0) is 19.3 Å². The maximum absolute atomic E-state index is 10.1. The molecule has 0 fully saturated rings. The van der Waals surface area contributed by atoms with Gasteiger partial charge in [0.15, 0.2) is 0 Å². The number of rotatable bonds is 7. The van der Waals surface area contributed by atoms with Gasteiger partial charge >= 0.3 is 0 Å². The molecule has 0 aliphatic heterocycles. The van der Waals surface area contributed by atoms with Gasteiger partial charge in [0.2, 0.25) is 0 Å². The van der Waals surface area contributed by atoms with Crippen molar-refractivity contribution in [2.24, 2.45) is 0 Å². The summed E-state index contributed by atoms with van der Waals surface area (Å²) in [7, 11) is 0. The Bertz CT molecular complexity index is 121. The average molecular weight is 190 g/mol. The van der Waals surface area contributed by atoms with Crippen molar-refractivity contribution in [3.05, 3.63) is 0 Å². The summed E-state index contributed by atoms with van der Waals surface area (Å²) in [5, 5.41) is 18.7. The van der Waals surface area contributed by atoms with E-state index in [1.807, 2.05) is 20.8 Å². The van der Waals surface area contributed by atoms with Crippen LogP contribution in [0.4, 0.5) is 0 Å². The third-order valence-electron chi connectivity index (χ3n) is 2.60. The van der Waals surface area contributed by atoms with Crippen LogP contribution in [0.25, 0.3) is 0 Å². The highest BCUT2D eigenvalue weighted by Gasteiger charge is 2.32. The highest BCUT2D eigenvalue weighted by molar-refractivity contribution is 4.84. The molecule has 1 unspecified atom stereocenters. The standard InChI is InChI=1S/C10H22O3/c1-4-9(13-8-7-11)10(12,5-2)6-3/h9,11-12H,4-8H2,1-3H3. The lowest BCUT2D eigenvalue weighted by Gasteiger charge is -2.33. The molecule has 3 nitrogen and oxygen atoms in total. The molecular formula is C10H22O3. The summed E-state index contributed by atoms with van der Waals surface area (Å²) in [6.45, 7) is 6.21. The van der Waals surface area contributed by atoms with Gasteiger partial charge in [-0.25, -0.2) is 0 Å². The van der Waals surface area contributed by atoms with Gasteiger partial charge < -0.3 is 14.9 Å². The van der Waals surface area contributed by atoms with E-state index < -0.39 is 5.60 Å². The topological polar surface area (TPSA) is 49.7 Å². The van der Waals surface area contributed by atoms with E-state index in [1.54, 1.807) is 0 Å². The van der Waals surface area contributed by atoms with Crippen molar-refractivity contribution in [1.82, 2.24) is 0 Å². The molecule has 13 heavy (non-hydrogen) atoms. The van der Waals surface area contributed by atoms with E-state index in [0.29, 0.717) is 19.4 Å². The lowest BCUT2D eigenvalue weighted by molar-refractivity contribution is -0.119. The van der Waals surface area contributed by atoms with Crippen LogP contribution in [0.2, 0.25) is 0 Å². The Hall–Kier alpha value is -0.120. The largest absolute Gasteiger partial charge is 0.394 e. The smallest absolute Gasteiger partial charge is 0.0902 e. The Morgan fingerprint density at radius 1 is 1.23 bits per heavy atom. The molecule has 0 bridgehead atoms. The fourth-order valence-electron chi connectivity index (χ4n) is 1.55. The first-order chi connectivity index (χ1) is 6.14. The molecule has 0 spiro atoms. The molecule has 0 aromatic rings. The van der Waals surface area contributed by atoms with Crippen LogP contribution in [-0.2, 0) is 4.74 Å². The van der Waals surface area contributed by atoms with Crippen LogP contribution < -0.4 is 0 Å². The molecule has 0 heterocycles. The second-order valence-corrected chi connectivity index (χ2v) is 3.30. The van der Waals surface area contributed by atoms with Crippen molar-refractivity contribution in [3.63, 3.8) is 0 Å². The Morgan fingerprint density at radius 3 is 2.08 bits per heavy atom. The lowest BCUT2D eigenvalue weighted by atomic mass is 9.89. The monoisotopic (exact) mass is 190 g/mol. The van der Waals surface area contributed by atoms with Crippen LogP contribution in [0.5, 0.6) is 0 Å². The first kappa shape index (κ1) is 12.9. The van der Waals surface area contributed by atoms with Crippen molar-refractivity contribution < 1.29 is 14.9 Å². The van der Waals surface area contributed by atoms with E-state index in [9.17, 15) is 5.11 Å². The van der Waals surface area contributed by atoms with E-state index >= 15 is 0 Å². The van der Waals surface area contributed by atoms with Gasteiger partial charge in [-0.15, -0.1) is 0 Å². The van der Waals surface area contributed by atoms with Crippen LogP contribution in [0.3, 0.4) is 0 Å². The van der Waals surface area contributed by atoms with Crippen molar-refractivity contribution in [1.29, 1.82) is 0 Å². The summed E-state index contributed by atoms with van der Waals surface area (Å²) in [6, 6.07) is 0. The van der Waals surface area contributed by atoms with Crippen molar-refractivity contribution in [3.8, 4) is 0 Å². The molecular weight excluding hydrogens is 168 g/mol. The Morgan fingerprint density at radius 2 is 1.77 bits per heavy atom. The molecule has 0 amide bonds. The molecule has 1 atom stereocenters. The highest BCUT2D eigenvalue weighted by Crippen LogP contribution is 2.24. The Labute approximate surface area is 80.7 Å². The highest BCUT2D eigenvalue weighted by atomic mass is 16.5. The maximum atomic E-state index is 10.1. The van der Waals surface area contributed by atoms with Gasteiger partial charge in [0.25, 0.3) is 0 Å². The summed E-state index contributed by atoms with van der Waals surface area (Å²) < 4.78 is 5.39. The predicted molar refractivity (Wildman–Crippen MR) is 52.6 cm³/mol. The van der Waals surface area contributed by atoms with E-state index in [1.165, 1.54) is 0 Å². The molecule has 3 heteroatoms. The minimum Gasteiger partial charge on any atom is -0.394 e. The molecule has 2 N–H and O–H groups in total. The first-order valence-electron chi connectivity index (χ1n) is 5.09. The number of hydrogen-bond donors (Lipinski definition) is 2. The summed E-state index contributed by atoms with van der Waals surface area (Å²) in [6.07, 6.45) is 1.99. The summed E-state index contributed by atoms with van der Waals surface area (Å²) in [5.74, 6) is 0. The molecule has 0 rings (SSSR count). The zero-order valence-corrected chi connectivity index (χ0v) is 8.92. The van der Waals surface area contributed by atoms with Gasteiger partial charge in [-0.1, -0.05) is 20.8 Å². The van der Waals surface area contributed by atoms with Gasteiger partial charge in [-0.2, -0.15) is 0 Å². The van der Waals surface area contributed by atoms with Gasteiger partial charge in [-0.3, -0.25) is 0 Å². The van der Waals surface area contributed by atoms with Gasteiger partial charge in [0.1, 0.15) is 0 Å². The molecule has 0 aliphatic carbocycles. The van der Waals surface area contributed by atoms with E-state index in [0.717, 1.165) is 6.42 Å². The van der Waals surface area contributed by atoms with Crippen LogP contribution in [-0.4, -0.2) is 35.1 Å². The Balaban J connectivity index is 4.16. The van der Waals surface area contributed by atoms with E-state index in [2.05, 4.69) is 0 Å². The minimum absolute atomic E-state index is 0.0139. The Kier molecular flexibility index (Phi) is 6.29. The quantitative estimate of drug-likeness (QED) is 0.636. The molecule has 0 aromatic heterocycles. The second-order valence-electron chi connectivity index (χ2n) is 3.30. The van der Waals surface area contributed by atoms with Gasteiger partial charge in [0, 0.05) is 0 Å². The van der Waals surface area contributed by atoms with Crippen LogP contribution in [0.15, 0.2) is 0 Å². The SMILES string of the molecule is CCC(OCCO)C(O)(CC)CC. The number of aliphatic hydroxyl groups excluding tert-OH is 1. The average Bonchev–Trinajstić information content (AvgIpc) is 2.18. The maximum Gasteiger partial charge on any atom is 0.0902 e. The third-order valence-corrected chi connectivity index (χ3v) is 2.60. The fourth-order valence-corrected chi connectivity index (χ4v) is 1.55. The molecule has 0 saturated carbocycles. The predicted octanol–water partition coefficient (Wildman–Crippen LogP) is 1.32. The van der Waals surface area contributed by atoms with Crippen molar-refractivity contribution >= 4 is 0 Å². The molecule has 0 saturated heterocycles. The first-order valence-corrected chi connectivity index (χ1v) is 5.09. The number of hydrogen-bond acceptors (Lipinski definition) is 3. The van der Waals surface area contributed by atoms with Gasteiger partial charge in [0.05, 0.1) is 24.9 Å². The molecule has 0 aromatic carbocycles. The molecule has 80 valence electrons. The van der Waals surface area contributed by atoms with Crippen LogP contribution in [0, 0.1) is 0 Å². The van der Waals surface area contributed by atoms with Crippen molar-refractivity contribution in [2.75, 3.05) is 13.2 Å². The zero-order valence-electron chi connectivity index (χ0n) is 8.92. The molecule has 0 aliphatic rings. The zero-order chi connectivity index (χ0) is 10.3. The van der Waals surface area contributed by atoms with Crippen LogP contribution in [0.1, 0.15) is 40.0 Å². The normalized spacial score (nSPS) is 14.5. The summed E-state index contributed by atoms with van der Waals surface area (Å²) in [5.41, 5.74) is -0.732. The fraction of sp³-hybridized carbons (Fsp3) is 1.00. The number of ether oxygens (including phenoxy) is 1. The van der Waals surface area contributed by atoms with E-state index in [-0.39, 0.29) is 12.7 Å². The third kappa shape index (κ3) is 3.63. The summed E-state index contributed by atoms with van der Waals surface area (Å²) in [4.78, 5) is 0. The number of aliphatic hydroxyl groups is 2. The molecule has 0 radical (unpaired) electrons. The van der Waals surface area contributed by atoms with Crippen molar-refractivity contribution in [2.45, 2.75) is 51.7 Å². The minimum atomic E-state index is -0.732. The van der Waals surface area contributed by atoms with Crippen LogP contribution >= 0.6 is 0 Å². The van der Waals surface area contributed by atoms with E-state index in [4.69, 9.17) is 9.84 Å².